The number of anilines is 1. The molecule has 0 aliphatic carbocycles. The molecule has 0 bridgehead atoms. The number of methoxy groups -OCH3 is 1. The number of carbonyl (C=O) groups excluding carboxylic acids is 1. The van der Waals surface area contributed by atoms with Gasteiger partial charge in [-0.25, -0.2) is 9.97 Å². The van der Waals surface area contributed by atoms with Crippen molar-refractivity contribution in [2.45, 2.75) is 13.8 Å². The maximum absolute atomic E-state index is 12.8. The molecule has 8 heteroatoms. The number of nitrogens with one attached hydrogen (secondary N) is 1. The average molecular weight is 428 g/mol. The summed E-state index contributed by atoms with van der Waals surface area (Å²) in [4.78, 5) is 23.6. The summed E-state index contributed by atoms with van der Waals surface area (Å²) >= 11 is 4.48. The molecule has 0 atom stereocenters. The van der Waals surface area contributed by atoms with E-state index in [1.807, 2.05) is 54.9 Å². The van der Waals surface area contributed by atoms with Crippen LogP contribution in [0.25, 0.3) is 21.8 Å². The highest BCUT2D eigenvalue weighted by molar-refractivity contribution is 7.18. The third-order valence-corrected chi connectivity index (χ3v) is 6.93. The van der Waals surface area contributed by atoms with Gasteiger partial charge < -0.3 is 4.74 Å². The first-order valence-electron chi connectivity index (χ1n) is 8.48. The van der Waals surface area contributed by atoms with Crippen LogP contribution >= 0.6 is 34.0 Å². The minimum atomic E-state index is -0.175. The Morgan fingerprint density at radius 1 is 1.04 bits per heavy atom. The lowest BCUT2D eigenvalue weighted by Crippen LogP contribution is -2.11. The molecule has 142 valence electrons. The van der Waals surface area contributed by atoms with Gasteiger partial charge >= 0.3 is 0 Å². The standard InChI is InChI=1S/C20H17N3O2S3/c1-11-17(28-19(21-11)14-8-9-26-10-14)18(24)23-20-22-16(12(2)27-20)13-4-6-15(25-3)7-5-13/h4-10H,1-3H3,(H,22,23,24). The van der Waals surface area contributed by atoms with Gasteiger partial charge in [-0.15, -0.1) is 22.7 Å². The van der Waals surface area contributed by atoms with Gasteiger partial charge in [-0.3, -0.25) is 10.1 Å². The monoisotopic (exact) mass is 427 g/mol. The molecule has 1 N–H and O–H groups in total. The molecule has 4 aromatic rings. The number of aromatic nitrogens is 2. The molecule has 0 aliphatic heterocycles. The van der Waals surface area contributed by atoms with Crippen LogP contribution in [-0.4, -0.2) is 23.0 Å². The Morgan fingerprint density at radius 3 is 2.50 bits per heavy atom. The molecule has 3 aromatic heterocycles. The van der Waals surface area contributed by atoms with E-state index >= 15 is 0 Å². The van der Waals surface area contributed by atoms with Crippen LogP contribution in [0.4, 0.5) is 5.13 Å². The maximum atomic E-state index is 12.8. The predicted octanol–water partition coefficient (Wildman–Crippen LogP) is 5.87. The van der Waals surface area contributed by atoms with Crippen LogP contribution in [-0.2, 0) is 0 Å². The first-order chi connectivity index (χ1) is 13.5. The van der Waals surface area contributed by atoms with E-state index in [0.29, 0.717) is 10.0 Å². The Labute approximate surface area is 174 Å². The molecule has 0 aliphatic rings. The van der Waals surface area contributed by atoms with Gasteiger partial charge in [0.15, 0.2) is 5.13 Å². The lowest BCUT2D eigenvalue weighted by molar-refractivity contribution is 0.103. The van der Waals surface area contributed by atoms with Gasteiger partial charge in [0.2, 0.25) is 0 Å². The summed E-state index contributed by atoms with van der Waals surface area (Å²) in [6.07, 6.45) is 0. The quantitative estimate of drug-likeness (QED) is 0.432. The van der Waals surface area contributed by atoms with E-state index in [2.05, 4.69) is 15.3 Å². The Kier molecular flexibility index (Phi) is 5.25. The van der Waals surface area contributed by atoms with Crippen molar-refractivity contribution >= 4 is 45.0 Å². The highest BCUT2D eigenvalue weighted by atomic mass is 32.1. The molecule has 0 saturated heterocycles. The fraction of sp³-hybridized carbons (Fsp3) is 0.150. The van der Waals surface area contributed by atoms with Crippen molar-refractivity contribution in [3.05, 3.63) is 56.5 Å². The van der Waals surface area contributed by atoms with Gasteiger partial charge in [-0.2, -0.15) is 11.3 Å². The highest BCUT2D eigenvalue weighted by Crippen LogP contribution is 2.33. The molecule has 0 saturated carbocycles. The van der Waals surface area contributed by atoms with Crippen LogP contribution in [0.3, 0.4) is 0 Å². The Hall–Kier alpha value is -2.55. The molecule has 1 amide bonds. The molecule has 0 fully saturated rings. The second-order valence-corrected chi connectivity index (χ2v) is 9.03. The highest BCUT2D eigenvalue weighted by Gasteiger charge is 2.19. The number of ether oxygens (including phenoxy) is 1. The van der Waals surface area contributed by atoms with E-state index in [1.54, 1.807) is 18.4 Å². The number of amides is 1. The van der Waals surface area contributed by atoms with E-state index in [1.165, 1.54) is 22.7 Å². The molecule has 0 unspecified atom stereocenters. The van der Waals surface area contributed by atoms with Crippen molar-refractivity contribution < 1.29 is 9.53 Å². The number of hydrogen-bond acceptors (Lipinski definition) is 7. The second kappa shape index (κ2) is 7.83. The van der Waals surface area contributed by atoms with Crippen molar-refractivity contribution in [3.8, 4) is 27.6 Å². The SMILES string of the molecule is COc1ccc(-c2nc(NC(=O)c3sc(-c4ccsc4)nc3C)sc2C)cc1. The predicted molar refractivity (Wildman–Crippen MR) is 117 cm³/mol. The zero-order chi connectivity index (χ0) is 19.7. The van der Waals surface area contributed by atoms with Crippen LogP contribution in [0.5, 0.6) is 5.75 Å². The Balaban J connectivity index is 1.55. The first-order valence-corrected chi connectivity index (χ1v) is 11.1. The van der Waals surface area contributed by atoms with E-state index in [4.69, 9.17) is 4.74 Å². The topological polar surface area (TPSA) is 64.1 Å². The summed E-state index contributed by atoms with van der Waals surface area (Å²) in [5, 5.41) is 8.41. The second-order valence-electron chi connectivity index (χ2n) is 6.05. The fourth-order valence-corrected chi connectivity index (χ4v) is 5.24. The van der Waals surface area contributed by atoms with Gasteiger partial charge in [-0.05, 0) is 49.6 Å². The first kappa shape index (κ1) is 18.8. The van der Waals surface area contributed by atoms with Gasteiger partial charge in [0.25, 0.3) is 5.91 Å². The summed E-state index contributed by atoms with van der Waals surface area (Å²) in [7, 11) is 1.64. The molecule has 3 heterocycles. The summed E-state index contributed by atoms with van der Waals surface area (Å²) in [5.41, 5.74) is 3.63. The van der Waals surface area contributed by atoms with Crippen molar-refractivity contribution in [3.63, 3.8) is 0 Å². The van der Waals surface area contributed by atoms with E-state index < -0.39 is 0 Å². The summed E-state index contributed by atoms with van der Waals surface area (Å²) in [6, 6.07) is 9.74. The maximum Gasteiger partial charge on any atom is 0.269 e. The zero-order valence-corrected chi connectivity index (χ0v) is 17.9. The van der Waals surface area contributed by atoms with Crippen LogP contribution in [0.15, 0.2) is 41.1 Å². The molecular formula is C20H17N3O2S3. The van der Waals surface area contributed by atoms with Crippen molar-refractivity contribution in [2.24, 2.45) is 0 Å². The number of aryl methyl sites for hydroxylation is 2. The van der Waals surface area contributed by atoms with Gasteiger partial charge in [-0.1, -0.05) is 0 Å². The molecular weight excluding hydrogens is 410 g/mol. The third-order valence-electron chi connectivity index (χ3n) is 4.15. The van der Waals surface area contributed by atoms with Crippen molar-refractivity contribution in [1.82, 2.24) is 9.97 Å². The minimum Gasteiger partial charge on any atom is -0.497 e. The number of nitrogens with zero attached hydrogens (tertiary/aromatic N) is 2. The van der Waals surface area contributed by atoms with Gasteiger partial charge in [0, 0.05) is 21.4 Å². The largest absolute Gasteiger partial charge is 0.497 e. The van der Waals surface area contributed by atoms with Crippen LogP contribution in [0.1, 0.15) is 20.2 Å². The van der Waals surface area contributed by atoms with Gasteiger partial charge in [0.1, 0.15) is 15.6 Å². The van der Waals surface area contributed by atoms with Crippen molar-refractivity contribution in [2.75, 3.05) is 12.4 Å². The lowest BCUT2D eigenvalue weighted by atomic mass is 10.1. The number of benzene rings is 1. The van der Waals surface area contributed by atoms with Crippen LogP contribution < -0.4 is 10.1 Å². The Morgan fingerprint density at radius 2 is 1.82 bits per heavy atom. The number of hydrogen-bond donors (Lipinski definition) is 1. The van der Waals surface area contributed by atoms with Crippen LogP contribution in [0, 0.1) is 13.8 Å². The molecule has 1 aromatic carbocycles. The summed E-state index contributed by atoms with van der Waals surface area (Å²) in [5.74, 6) is 0.624. The number of carbonyl (C=O) groups is 1. The molecule has 0 spiro atoms. The fourth-order valence-electron chi connectivity index (χ4n) is 2.74. The smallest absolute Gasteiger partial charge is 0.269 e. The number of rotatable bonds is 5. The van der Waals surface area contributed by atoms with Gasteiger partial charge in [0.05, 0.1) is 18.5 Å². The molecule has 5 nitrogen and oxygen atoms in total. The third kappa shape index (κ3) is 3.71. The number of thiophene rings is 1. The molecule has 0 radical (unpaired) electrons. The molecule has 4 rings (SSSR count). The van der Waals surface area contributed by atoms with Crippen molar-refractivity contribution in [1.29, 1.82) is 0 Å². The zero-order valence-electron chi connectivity index (χ0n) is 15.5. The van der Waals surface area contributed by atoms with E-state index in [0.717, 1.165) is 38.1 Å². The minimum absolute atomic E-state index is 0.175. The van der Waals surface area contributed by atoms with E-state index in [9.17, 15) is 4.79 Å². The van der Waals surface area contributed by atoms with Crippen LogP contribution in [0.2, 0.25) is 0 Å². The van der Waals surface area contributed by atoms with E-state index in [-0.39, 0.29) is 5.91 Å². The number of thiazole rings is 2. The normalized spacial score (nSPS) is 10.8. The summed E-state index contributed by atoms with van der Waals surface area (Å²) in [6.45, 7) is 3.86. The summed E-state index contributed by atoms with van der Waals surface area (Å²) < 4.78 is 5.20. The Bertz CT molecular complexity index is 1110. The average Bonchev–Trinajstić information content (AvgIpc) is 3.42. The molecule has 28 heavy (non-hydrogen) atoms. The lowest BCUT2D eigenvalue weighted by Gasteiger charge is -2.02.